The van der Waals surface area contributed by atoms with Crippen LogP contribution in [0.5, 0.6) is 0 Å². The van der Waals surface area contributed by atoms with Gasteiger partial charge in [-0.3, -0.25) is 0 Å². The Morgan fingerprint density at radius 3 is 2.74 bits per heavy atom. The Bertz CT molecular complexity index is 673. The number of anilines is 2. The second-order valence-electron chi connectivity index (χ2n) is 5.61. The van der Waals surface area contributed by atoms with Gasteiger partial charge in [-0.1, -0.05) is 18.5 Å². The van der Waals surface area contributed by atoms with E-state index in [1.54, 1.807) is 6.33 Å². The van der Waals surface area contributed by atoms with Gasteiger partial charge in [0.05, 0.1) is 5.02 Å². The van der Waals surface area contributed by atoms with Crippen LogP contribution in [-0.4, -0.2) is 34.1 Å². The number of hydrogen-bond acceptors (Lipinski definition) is 5. The van der Waals surface area contributed by atoms with Crippen molar-refractivity contribution in [2.45, 2.75) is 32.2 Å². The molecular formula is C16H19ClFN5. The predicted molar refractivity (Wildman–Crippen MR) is 89.5 cm³/mol. The lowest BCUT2D eigenvalue weighted by atomic mass is 10.0. The van der Waals surface area contributed by atoms with Gasteiger partial charge < -0.3 is 10.2 Å². The first kappa shape index (κ1) is 15.9. The normalized spacial score (nSPS) is 15.7. The maximum atomic E-state index is 13.8. The van der Waals surface area contributed by atoms with E-state index in [0.29, 0.717) is 5.02 Å². The van der Waals surface area contributed by atoms with Gasteiger partial charge in [-0.15, -0.1) is 0 Å². The maximum Gasteiger partial charge on any atom is 0.166 e. The Morgan fingerprint density at radius 2 is 2.04 bits per heavy atom. The summed E-state index contributed by atoms with van der Waals surface area (Å²) in [7, 11) is 0. The minimum Gasteiger partial charge on any atom is -0.365 e. The Morgan fingerprint density at radius 1 is 1.26 bits per heavy atom. The van der Waals surface area contributed by atoms with E-state index in [4.69, 9.17) is 11.6 Å². The molecule has 0 unspecified atom stereocenters. The number of nitrogens with one attached hydrogen (secondary N) is 1. The molecule has 0 saturated carbocycles. The number of piperidine rings is 1. The van der Waals surface area contributed by atoms with E-state index in [2.05, 4.69) is 32.1 Å². The van der Waals surface area contributed by atoms with Crippen LogP contribution in [0.4, 0.5) is 16.0 Å². The number of aryl methyl sites for hydroxylation is 1. The summed E-state index contributed by atoms with van der Waals surface area (Å²) in [5.41, 5.74) is 1.04. The molecule has 2 aromatic rings. The third kappa shape index (κ3) is 3.88. The Balaban J connectivity index is 1.59. The van der Waals surface area contributed by atoms with Crippen molar-refractivity contribution in [2.24, 2.45) is 0 Å². The van der Waals surface area contributed by atoms with Crippen molar-refractivity contribution < 1.29 is 4.39 Å². The average molecular weight is 336 g/mol. The monoisotopic (exact) mass is 335 g/mol. The summed E-state index contributed by atoms with van der Waals surface area (Å²) >= 11 is 5.72. The first-order valence-electron chi connectivity index (χ1n) is 7.79. The fraction of sp³-hybridized carbons (Fsp3) is 0.438. The van der Waals surface area contributed by atoms with E-state index in [0.717, 1.165) is 43.9 Å². The van der Waals surface area contributed by atoms with Crippen molar-refractivity contribution in [3.63, 3.8) is 0 Å². The molecule has 3 heterocycles. The molecule has 1 saturated heterocycles. The van der Waals surface area contributed by atoms with Crippen LogP contribution in [0, 0.1) is 5.82 Å². The number of nitrogens with zero attached hydrogens (tertiary/aromatic N) is 4. The quantitative estimate of drug-likeness (QED) is 0.929. The molecule has 0 spiro atoms. The third-order valence-corrected chi connectivity index (χ3v) is 4.25. The summed E-state index contributed by atoms with van der Waals surface area (Å²) in [6.07, 6.45) is 5.76. The summed E-state index contributed by atoms with van der Waals surface area (Å²) < 4.78 is 13.8. The Labute approximate surface area is 139 Å². The van der Waals surface area contributed by atoms with Crippen LogP contribution in [0.15, 0.2) is 24.7 Å². The van der Waals surface area contributed by atoms with Gasteiger partial charge in [-0.05, 0) is 25.3 Å². The van der Waals surface area contributed by atoms with Gasteiger partial charge >= 0.3 is 0 Å². The highest BCUT2D eigenvalue weighted by Gasteiger charge is 2.21. The number of halogens is 2. The van der Waals surface area contributed by atoms with Crippen LogP contribution in [0.3, 0.4) is 0 Å². The number of aromatic nitrogens is 3. The lowest BCUT2D eigenvalue weighted by Gasteiger charge is -2.33. The molecule has 5 nitrogen and oxygen atoms in total. The van der Waals surface area contributed by atoms with Crippen LogP contribution in [0.25, 0.3) is 0 Å². The molecule has 1 aliphatic rings. The summed E-state index contributed by atoms with van der Waals surface area (Å²) in [5.74, 6) is 0.817. The molecule has 122 valence electrons. The SMILES string of the molecule is CCc1cc(N2CCC(Nc3ncc(Cl)cc3F)CC2)ncn1. The molecule has 3 rings (SSSR count). The Kier molecular flexibility index (Phi) is 4.91. The van der Waals surface area contributed by atoms with Crippen molar-refractivity contribution in [1.82, 2.24) is 15.0 Å². The van der Waals surface area contributed by atoms with E-state index in [9.17, 15) is 4.39 Å². The molecule has 2 aromatic heterocycles. The van der Waals surface area contributed by atoms with E-state index in [1.807, 2.05) is 6.07 Å². The molecule has 0 atom stereocenters. The van der Waals surface area contributed by atoms with Gasteiger partial charge in [-0.2, -0.15) is 0 Å². The van der Waals surface area contributed by atoms with Crippen molar-refractivity contribution in [3.8, 4) is 0 Å². The Hall–Kier alpha value is -1.95. The second-order valence-corrected chi connectivity index (χ2v) is 6.05. The maximum absolute atomic E-state index is 13.8. The zero-order valence-corrected chi connectivity index (χ0v) is 13.7. The molecule has 7 heteroatoms. The molecule has 23 heavy (non-hydrogen) atoms. The van der Waals surface area contributed by atoms with Crippen molar-refractivity contribution in [3.05, 3.63) is 41.2 Å². The highest BCUT2D eigenvalue weighted by molar-refractivity contribution is 6.30. The topological polar surface area (TPSA) is 53.9 Å². The van der Waals surface area contributed by atoms with Gasteiger partial charge in [0.2, 0.25) is 0 Å². The molecule has 0 aliphatic carbocycles. The molecule has 0 aromatic carbocycles. The van der Waals surface area contributed by atoms with Crippen molar-refractivity contribution in [1.29, 1.82) is 0 Å². The van der Waals surface area contributed by atoms with Crippen LogP contribution in [0.2, 0.25) is 5.02 Å². The van der Waals surface area contributed by atoms with Gasteiger partial charge in [-0.25, -0.2) is 19.3 Å². The van der Waals surface area contributed by atoms with E-state index >= 15 is 0 Å². The average Bonchev–Trinajstić information content (AvgIpc) is 2.58. The van der Waals surface area contributed by atoms with Crippen LogP contribution in [-0.2, 0) is 6.42 Å². The first-order valence-corrected chi connectivity index (χ1v) is 8.17. The summed E-state index contributed by atoms with van der Waals surface area (Å²) in [6, 6.07) is 3.51. The van der Waals surface area contributed by atoms with Crippen LogP contribution in [0.1, 0.15) is 25.5 Å². The molecular weight excluding hydrogens is 317 g/mol. The van der Waals surface area contributed by atoms with E-state index < -0.39 is 5.82 Å². The highest BCUT2D eigenvalue weighted by Crippen LogP contribution is 2.22. The number of rotatable bonds is 4. The second kappa shape index (κ2) is 7.08. The number of hydrogen-bond donors (Lipinski definition) is 1. The van der Waals surface area contributed by atoms with Crippen molar-refractivity contribution in [2.75, 3.05) is 23.3 Å². The zero-order valence-electron chi connectivity index (χ0n) is 13.0. The van der Waals surface area contributed by atoms with E-state index in [-0.39, 0.29) is 11.9 Å². The summed E-state index contributed by atoms with van der Waals surface area (Å²) in [5, 5.41) is 3.47. The lowest BCUT2D eigenvalue weighted by molar-refractivity contribution is 0.517. The zero-order chi connectivity index (χ0) is 16.2. The van der Waals surface area contributed by atoms with Gasteiger partial charge in [0, 0.05) is 37.1 Å². The molecule has 1 N–H and O–H groups in total. The van der Waals surface area contributed by atoms with Crippen LogP contribution < -0.4 is 10.2 Å². The molecule has 1 aliphatic heterocycles. The van der Waals surface area contributed by atoms with E-state index in [1.165, 1.54) is 12.3 Å². The molecule has 0 radical (unpaired) electrons. The smallest absolute Gasteiger partial charge is 0.166 e. The highest BCUT2D eigenvalue weighted by atomic mass is 35.5. The summed E-state index contributed by atoms with van der Waals surface area (Å²) in [4.78, 5) is 14.8. The molecule has 0 bridgehead atoms. The number of pyridine rings is 1. The minimum absolute atomic E-state index is 0.196. The first-order chi connectivity index (χ1) is 11.2. The van der Waals surface area contributed by atoms with Gasteiger partial charge in [0.25, 0.3) is 0 Å². The van der Waals surface area contributed by atoms with Gasteiger partial charge in [0.15, 0.2) is 11.6 Å². The minimum atomic E-state index is -0.414. The van der Waals surface area contributed by atoms with Gasteiger partial charge in [0.1, 0.15) is 12.1 Å². The standard InChI is InChI=1S/C16H19ClFN5/c1-2-12-8-15(21-10-20-12)23-5-3-13(4-6-23)22-16-14(18)7-11(17)9-19-16/h7-10,13H,2-6H2,1H3,(H,19,22). The summed E-state index contributed by atoms with van der Waals surface area (Å²) in [6.45, 7) is 3.82. The molecule has 0 amide bonds. The lowest BCUT2D eigenvalue weighted by Crippen LogP contribution is -2.39. The fourth-order valence-corrected chi connectivity index (χ4v) is 2.86. The largest absolute Gasteiger partial charge is 0.365 e. The third-order valence-electron chi connectivity index (χ3n) is 4.04. The molecule has 1 fully saturated rings. The fourth-order valence-electron chi connectivity index (χ4n) is 2.72. The predicted octanol–water partition coefficient (Wildman–Crippen LogP) is 3.31. The van der Waals surface area contributed by atoms with Crippen molar-refractivity contribution >= 4 is 23.2 Å². The van der Waals surface area contributed by atoms with Crippen LogP contribution >= 0.6 is 11.6 Å².